The number of benzene rings is 2. The fourth-order valence-corrected chi connectivity index (χ4v) is 3.24. The molecule has 0 aliphatic carbocycles. The molecule has 7 nitrogen and oxygen atoms in total. The zero-order chi connectivity index (χ0) is 18.9. The van der Waals surface area contributed by atoms with Crippen LogP contribution in [0.15, 0.2) is 54.7 Å². The SMILES string of the molecule is COC(=O)c1cn(C(=O)c2cccc(NS(C)(=O)=O)c2)c2ccccc12. The summed E-state index contributed by atoms with van der Waals surface area (Å²) in [6, 6.07) is 13.1. The summed E-state index contributed by atoms with van der Waals surface area (Å²) in [4.78, 5) is 24.9. The van der Waals surface area contributed by atoms with Crippen LogP contribution in [0.5, 0.6) is 0 Å². The Morgan fingerprint density at radius 3 is 2.50 bits per heavy atom. The summed E-state index contributed by atoms with van der Waals surface area (Å²) < 4.78 is 31.2. The minimum atomic E-state index is -3.46. The van der Waals surface area contributed by atoms with Crippen LogP contribution in [0.3, 0.4) is 0 Å². The van der Waals surface area contributed by atoms with E-state index in [1.165, 1.54) is 23.9 Å². The molecule has 8 heteroatoms. The summed E-state index contributed by atoms with van der Waals surface area (Å²) >= 11 is 0. The number of nitrogens with zero attached hydrogens (tertiary/aromatic N) is 1. The van der Waals surface area contributed by atoms with E-state index >= 15 is 0 Å². The van der Waals surface area contributed by atoms with Crippen LogP contribution in [0.25, 0.3) is 10.9 Å². The molecule has 3 aromatic rings. The number of ether oxygens (including phenoxy) is 1. The number of para-hydroxylation sites is 1. The first-order valence-corrected chi connectivity index (χ1v) is 9.50. The maximum Gasteiger partial charge on any atom is 0.340 e. The van der Waals surface area contributed by atoms with Crippen LogP contribution < -0.4 is 4.72 Å². The van der Waals surface area contributed by atoms with Gasteiger partial charge in [-0.2, -0.15) is 0 Å². The van der Waals surface area contributed by atoms with Crippen LogP contribution in [0.2, 0.25) is 0 Å². The molecule has 1 aromatic heterocycles. The van der Waals surface area contributed by atoms with Crippen molar-refractivity contribution < 1.29 is 22.7 Å². The molecule has 0 saturated heterocycles. The van der Waals surface area contributed by atoms with Crippen molar-refractivity contribution in [3.05, 3.63) is 65.9 Å². The van der Waals surface area contributed by atoms with Crippen molar-refractivity contribution in [3.8, 4) is 0 Å². The first-order valence-electron chi connectivity index (χ1n) is 7.61. The maximum atomic E-state index is 12.9. The number of esters is 1. The van der Waals surface area contributed by atoms with Gasteiger partial charge in [0, 0.05) is 22.8 Å². The number of anilines is 1. The van der Waals surface area contributed by atoms with Crippen molar-refractivity contribution in [1.29, 1.82) is 0 Å². The van der Waals surface area contributed by atoms with E-state index in [-0.39, 0.29) is 16.8 Å². The highest BCUT2D eigenvalue weighted by molar-refractivity contribution is 7.92. The van der Waals surface area contributed by atoms with Crippen LogP contribution in [-0.4, -0.2) is 38.2 Å². The molecule has 0 atom stereocenters. The summed E-state index contributed by atoms with van der Waals surface area (Å²) in [5.41, 5.74) is 1.39. The first kappa shape index (κ1) is 17.7. The molecule has 0 amide bonds. The van der Waals surface area contributed by atoms with Crippen LogP contribution in [0, 0.1) is 0 Å². The molecule has 0 radical (unpaired) electrons. The van der Waals surface area contributed by atoms with Gasteiger partial charge >= 0.3 is 5.97 Å². The van der Waals surface area contributed by atoms with E-state index in [0.29, 0.717) is 10.9 Å². The summed E-state index contributed by atoms with van der Waals surface area (Å²) in [7, 11) is -2.18. The first-order chi connectivity index (χ1) is 12.3. The molecule has 0 aliphatic rings. The van der Waals surface area contributed by atoms with Crippen LogP contribution >= 0.6 is 0 Å². The maximum absolute atomic E-state index is 12.9. The topological polar surface area (TPSA) is 94.5 Å². The third-order valence-electron chi connectivity index (χ3n) is 3.75. The molecule has 0 fully saturated rings. The molecule has 0 saturated carbocycles. The Hall–Kier alpha value is -3.13. The van der Waals surface area contributed by atoms with Crippen molar-refractivity contribution in [3.63, 3.8) is 0 Å². The highest BCUT2D eigenvalue weighted by Crippen LogP contribution is 2.24. The molecule has 0 unspecified atom stereocenters. The van der Waals surface area contributed by atoms with E-state index in [9.17, 15) is 18.0 Å². The Kier molecular flexibility index (Phi) is 4.52. The number of hydrogen-bond acceptors (Lipinski definition) is 5. The number of sulfonamides is 1. The molecule has 0 bridgehead atoms. The third-order valence-corrected chi connectivity index (χ3v) is 4.36. The van der Waals surface area contributed by atoms with Gasteiger partial charge in [-0.05, 0) is 24.3 Å². The van der Waals surface area contributed by atoms with Crippen molar-refractivity contribution >= 4 is 38.5 Å². The predicted octanol–water partition coefficient (Wildman–Crippen LogP) is 2.49. The molecule has 134 valence electrons. The van der Waals surface area contributed by atoms with Gasteiger partial charge in [0.2, 0.25) is 10.0 Å². The molecule has 1 heterocycles. The second-order valence-corrected chi connectivity index (χ2v) is 7.43. The lowest BCUT2D eigenvalue weighted by atomic mass is 10.2. The number of rotatable bonds is 4. The molecule has 0 spiro atoms. The Balaban J connectivity index is 2.09. The van der Waals surface area contributed by atoms with E-state index in [0.717, 1.165) is 6.26 Å². The van der Waals surface area contributed by atoms with Gasteiger partial charge in [0.05, 0.1) is 24.4 Å². The minimum Gasteiger partial charge on any atom is -0.465 e. The highest BCUT2D eigenvalue weighted by Gasteiger charge is 2.19. The molecule has 26 heavy (non-hydrogen) atoms. The van der Waals surface area contributed by atoms with Crippen molar-refractivity contribution in [2.45, 2.75) is 0 Å². The van der Waals surface area contributed by atoms with Crippen molar-refractivity contribution in [1.82, 2.24) is 4.57 Å². The van der Waals surface area contributed by atoms with Gasteiger partial charge in [-0.3, -0.25) is 14.1 Å². The molecule has 3 rings (SSSR count). The molecular formula is C18H16N2O5S. The molecular weight excluding hydrogens is 356 g/mol. The van der Waals surface area contributed by atoms with Gasteiger partial charge in [-0.1, -0.05) is 24.3 Å². The Labute approximate surface area is 150 Å². The smallest absolute Gasteiger partial charge is 0.340 e. The van der Waals surface area contributed by atoms with Gasteiger partial charge in [0.1, 0.15) is 0 Å². The van der Waals surface area contributed by atoms with Gasteiger partial charge in [-0.15, -0.1) is 0 Å². The Morgan fingerprint density at radius 1 is 1.08 bits per heavy atom. The van der Waals surface area contributed by atoms with Gasteiger partial charge in [-0.25, -0.2) is 13.2 Å². The second kappa shape index (κ2) is 6.64. The lowest BCUT2D eigenvalue weighted by Crippen LogP contribution is -2.13. The van der Waals surface area contributed by atoms with Crippen molar-refractivity contribution in [2.75, 3.05) is 18.1 Å². The van der Waals surface area contributed by atoms with Crippen LogP contribution in [0.1, 0.15) is 20.7 Å². The van der Waals surface area contributed by atoms with E-state index in [1.807, 2.05) is 0 Å². The summed E-state index contributed by atoms with van der Waals surface area (Å²) in [5.74, 6) is -0.936. The molecule has 2 aromatic carbocycles. The summed E-state index contributed by atoms with van der Waals surface area (Å²) in [6.07, 6.45) is 2.46. The Bertz CT molecular complexity index is 1120. The summed E-state index contributed by atoms with van der Waals surface area (Å²) in [6.45, 7) is 0. The highest BCUT2D eigenvalue weighted by atomic mass is 32.2. The summed E-state index contributed by atoms with van der Waals surface area (Å²) in [5, 5.41) is 0.595. The largest absolute Gasteiger partial charge is 0.465 e. The van der Waals surface area contributed by atoms with Crippen molar-refractivity contribution in [2.24, 2.45) is 0 Å². The zero-order valence-corrected chi connectivity index (χ0v) is 14.9. The van der Waals surface area contributed by atoms with E-state index in [4.69, 9.17) is 4.74 Å². The fraction of sp³-hybridized carbons (Fsp3) is 0.111. The van der Waals surface area contributed by atoms with Gasteiger partial charge in [0.15, 0.2) is 0 Å². The minimum absolute atomic E-state index is 0.274. The van der Waals surface area contributed by atoms with E-state index in [1.54, 1.807) is 42.5 Å². The second-order valence-electron chi connectivity index (χ2n) is 5.68. The average molecular weight is 372 g/mol. The number of fused-ring (bicyclic) bond motifs is 1. The van der Waals surface area contributed by atoms with Crippen LogP contribution in [-0.2, 0) is 14.8 Å². The number of carbonyl (C=O) groups is 2. The number of carbonyl (C=O) groups excluding carboxylic acids is 2. The fourth-order valence-electron chi connectivity index (χ4n) is 2.69. The standard InChI is InChI=1S/C18H16N2O5S/c1-25-18(22)15-11-20(16-9-4-3-8-14(15)16)17(21)12-6-5-7-13(10-12)19-26(2,23)24/h3-11,19H,1-2H3. The lowest BCUT2D eigenvalue weighted by molar-refractivity contribution is 0.0603. The average Bonchev–Trinajstić information content (AvgIpc) is 2.99. The third kappa shape index (κ3) is 3.45. The van der Waals surface area contributed by atoms with Gasteiger partial charge < -0.3 is 4.74 Å². The van der Waals surface area contributed by atoms with Gasteiger partial charge in [0.25, 0.3) is 5.91 Å². The number of aromatic nitrogens is 1. The monoisotopic (exact) mass is 372 g/mol. The van der Waals surface area contributed by atoms with Crippen LogP contribution in [0.4, 0.5) is 5.69 Å². The Morgan fingerprint density at radius 2 is 1.81 bits per heavy atom. The predicted molar refractivity (Wildman–Crippen MR) is 97.9 cm³/mol. The number of hydrogen-bond donors (Lipinski definition) is 1. The van der Waals surface area contributed by atoms with E-state index < -0.39 is 21.9 Å². The quantitative estimate of drug-likeness (QED) is 0.710. The molecule has 0 aliphatic heterocycles. The lowest BCUT2D eigenvalue weighted by Gasteiger charge is -2.07. The number of methoxy groups -OCH3 is 1. The molecule has 1 N–H and O–H groups in total. The normalized spacial score (nSPS) is 11.3. The zero-order valence-electron chi connectivity index (χ0n) is 14.1. The number of nitrogens with one attached hydrogen (secondary N) is 1. The van der Waals surface area contributed by atoms with E-state index in [2.05, 4.69) is 4.72 Å².